The van der Waals surface area contributed by atoms with Crippen LogP contribution in [-0.4, -0.2) is 42.0 Å². The lowest BCUT2D eigenvalue weighted by Crippen LogP contribution is -2.11. The molecule has 0 saturated heterocycles. The number of benzene rings is 2. The maximum atomic E-state index is 12.5. The fraction of sp³-hybridized carbons (Fsp3) is 0.360. The van der Waals surface area contributed by atoms with Crippen LogP contribution in [-0.2, 0) is 9.59 Å². The molecule has 10 heteroatoms. The molecular formula is C25H28O8S2. The number of unbranched alkanes of at least 4 members (excludes halogenated alkanes) is 1. The number of carbonyl (C=O) groups is 2. The Morgan fingerprint density at radius 3 is 2.46 bits per heavy atom. The van der Waals surface area contributed by atoms with E-state index in [2.05, 4.69) is 25.3 Å². The first-order valence-corrected chi connectivity index (χ1v) is 12.2. The summed E-state index contributed by atoms with van der Waals surface area (Å²) in [5.74, 6) is 0.765. The number of rotatable bonds is 12. The number of methoxy groups -OCH3 is 1. The number of hydrogen-bond acceptors (Lipinski definition) is 10. The van der Waals surface area contributed by atoms with Gasteiger partial charge in [-0.05, 0) is 48.8 Å². The van der Waals surface area contributed by atoms with Crippen molar-refractivity contribution in [3.05, 3.63) is 42.0 Å². The fourth-order valence-electron chi connectivity index (χ4n) is 3.29. The first kappa shape index (κ1) is 26.6. The Morgan fingerprint density at radius 1 is 1.06 bits per heavy atom. The number of thiol groups is 2. The average molecular weight is 521 g/mol. The number of phenols is 1. The number of hydrogen-bond donors (Lipinski definition) is 3. The monoisotopic (exact) mass is 520 g/mol. The number of phenolic OH excluding ortho intramolecular Hbond substituents is 1. The van der Waals surface area contributed by atoms with Crippen LogP contribution in [0.1, 0.15) is 37.7 Å². The second-order valence-corrected chi connectivity index (χ2v) is 8.90. The molecule has 0 aliphatic carbocycles. The van der Waals surface area contributed by atoms with E-state index in [-0.39, 0.29) is 41.5 Å². The molecule has 2 aromatic rings. The summed E-state index contributed by atoms with van der Waals surface area (Å²) in [7, 11) is 1.43. The first-order chi connectivity index (χ1) is 16.9. The molecule has 1 N–H and O–H groups in total. The predicted octanol–water partition coefficient (Wildman–Crippen LogP) is 4.83. The van der Waals surface area contributed by atoms with Crippen molar-refractivity contribution in [2.75, 3.05) is 19.7 Å². The molecule has 0 aromatic heterocycles. The minimum Gasteiger partial charge on any atom is -0.504 e. The zero-order chi connectivity index (χ0) is 25.2. The second kappa shape index (κ2) is 13.2. The summed E-state index contributed by atoms with van der Waals surface area (Å²) in [5.41, 5.74) is 0.617. The van der Waals surface area contributed by atoms with Gasteiger partial charge in [-0.3, -0.25) is 4.79 Å². The molecule has 2 aromatic carbocycles. The molecule has 3 rings (SSSR count). The van der Waals surface area contributed by atoms with Crippen molar-refractivity contribution in [3.63, 3.8) is 0 Å². The van der Waals surface area contributed by atoms with Crippen LogP contribution in [0, 0.1) is 0 Å². The molecule has 0 bridgehead atoms. The van der Waals surface area contributed by atoms with E-state index in [0.29, 0.717) is 23.5 Å². The van der Waals surface area contributed by atoms with Gasteiger partial charge in [-0.2, -0.15) is 25.3 Å². The van der Waals surface area contributed by atoms with Crippen molar-refractivity contribution < 1.29 is 38.4 Å². The summed E-state index contributed by atoms with van der Waals surface area (Å²) in [4.78, 5) is 24.9. The van der Waals surface area contributed by atoms with Gasteiger partial charge in [-0.15, -0.1) is 0 Å². The van der Waals surface area contributed by atoms with Crippen molar-refractivity contribution in [2.45, 2.75) is 37.4 Å². The van der Waals surface area contributed by atoms with E-state index < -0.39 is 11.9 Å². The standard InChI is InChI=1S/C25H28O8S2/c1-29-19-12-16(6-8-18(19)26)7-9-25(28)33-23-14-21-20(30-15-31-21)13-22(23)32-24(27)5-3-2-4-17(35)10-11-34/h6-9,12-14,17,26,34-35H,2-5,10-11,15H2,1H3. The summed E-state index contributed by atoms with van der Waals surface area (Å²) >= 11 is 8.69. The van der Waals surface area contributed by atoms with Gasteiger partial charge in [0.1, 0.15) is 0 Å². The van der Waals surface area contributed by atoms with Crippen LogP contribution in [0.15, 0.2) is 36.4 Å². The molecule has 35 heavy (non-hydrogen) atoms. The van der Waals surface area contributed by atoms with Gasteiger partial charge < -0.3 is 28.8 Å². The minimum absolute atomic E-state index is 0.0119. The summed E-state index contributed by atoms with van der Waals surface area (Å²) in [5, 5.41) is 9.95. The highest BCUT2D eigenvalue weighted by Gasteiger charge is 2.22. The average Bonchev–Trinajstić information content (AvgIpc) is 3.29. The molecule has 1 aliphatic heterocycles. The molecule has 1 aliphatic rings. The van der Waals surface area contributed by atoms with E-state index in [1.807, 2.05) is 0 Å². The molecule has 188 valence electrons. The maximum absolute atomic E-state index is 12.5. The third-order valence-corrected chi connectivity index (χ3v) is 5.89. The number of fused-ring (bicyclic) bond motifs is 1. The van der Waals surface area contributed by atoms with Gasteiger partial charge in [0.2, 0.25) is 6.79 Å². The Bertz CT molecular complexity index is 1070. The summed E-state index contributed by atoms with van der Waals surface area (Å²) in [6, 6.07) is 7.55. The lowest BCUT2D eigenvalue weighted by Gasteiger charge is -2.11. The van der Waals surface area contributed by atoms with E-state index in [4.69, 9.17) is 23.7 Å². The Kier molecular flexibility index (Phi) is 10.0. The highest BCUT2D eigenvalue weighted by atomic mass is 32.1. The topological polar surface area (TPSA) is 101 Å². The lowest BCUT2D eigenvalue weighted by atomic mass is 10.1. The number of esters is 2. The summed E-state index contributed by atoms with van der Waals surface area (Å²) in [6.07, 6.45) is 6.23. The fourth-order valence-corrected chi connectivity index (χ4v) is 4.11. The van der Waals surface area contributed by atoms with Crippen molar-refractivity contribution in [2.24, 2.45) is 0 Å². The molecule has 0 saturated carbocycles. The van der Waals surface area contributed by atoms with Crippen molar-refractivity contribution >= 4 is 43.3 Å². The predicted molar refractivity (Wildman–Crippen MR) is 137 cm³/mol. The van der Waals surface area contributed by atoms with Gasteiger partial charge in [0.15, 0.2) is 34.5 Å². The molecule has 1 unspecified atom stereocenters. The van der Waals surface area contributed by atoms with Gasteiger partial charge in [0.05, 0.1) is 7.11 Å². The zero-order valence-corrected chi connectivity index (χ0v) is 21.1. The van der Waals surface area contributed by atoms with E-state index in [9.17, 15) is 14.7 Å². The normalized spacial score (nSPS) is 13.0. The largest absolute Gasteiger partial charge is 0.504 e. The Balaban J connectivity index is 1.63. The third kappa shape index (κ3) is 8.03. The van der Waals surface area contributed by atoms with Crippen molar-refractivity contribution in [3.8, 4) is 34.5 Å². The molecule has 1 atom stereocenters. The van der Waals surface area contributed by atoms with Gasteiger partial charge >= 0.3 is 11.9 Å². The summed E-state index contributed by atoms with van der Waals surface area (Å²) < 4.78 is 26.7. The van der Waals surface area contributed by atoms with Crippen LogP contribution in [0.4, 0.5) is 0 Å². The second-order valence-electron chi connectivity index (χ2n) is 7.72. The van der Waals surface area contributed by atoms with Gasteiger partial charge in [-0.1, -0.05) is 12.5 Å². The van der Waals surface area contributed by atoms with Crippen LogP contribution in [0.2, 0.25) is 0 Å². The van der Waals surface area contributed by atoms with E-state index in [1.54, 1.807) is 12.1 Å². The van der Waals surface area contributed by atoms with Crippen LogP contribution in [0.3, 0.4) is 0 Å². The quantitative estimate of drug-likeness (QED) is 0.120. The molecule has 8 nitrogen and oxygen atoms in total. The number of carbonyl (C=O) groups excluding carboxylic acids is 2. The lowest BCUT2D eigenvalue weighted by molar-refractivity contribution is -0.135. The minimum atomic E-state index is -0.697. The highest BCUT2D eigenvalue weighted by Crippen LogP contribution is 2.42. The van der Waals surface area contributed by atoms with E-state index >= 15 is 0 Å². The summed E-state index contributed by atoms with van der Waals surface area (Å²) in [6.45, 7) is 0.0138. The van der Waals surface area contributed by atoms with E-state index in [1.165, 1.54) is 37.5 Å². The van der Waals surface area contributed by atoms with Gasteiger partial charge in [0, 0.05) is 29.9 Å². The third-order valence-electron chi connectivity index (χ3n) is 5.12. The molecular weight excluding hydrogens is 492 g/mol. The van der Waals surface area contributed by atoms with Gasteiger partial charge in [0.25, 0.3) is 0 Å². The number of ether oxygens (including phenoxy) is 5. The van der Waals surface area contributed by atoms with Crippen LogP contribution in [0.25, 0.3) is 6.08 Å². The van der Waals surface area contributed by atoms with Crippen LogP contribution in [0.5, 0.6) is 34.5 Å². The van der Waals surface area contributed by atoms with Crippen LogP contribution >= 0.6 is 25.3 Å². The molecule has 0 amide bonds. The van der Waals surface area contributed by atoms with Crippen molar-refractivity contribution in [1.82, 2.24) is 0 Å². The Hall–Kier alpha value is -2.98. The van der Waals surface area contributed by atoms with Gasteiger partial charge in [-0.25, -0.2) is 4.79 Å². The molecule has 0 radical (unpaired) electrons. The SMILES string of the molecule is COc1cc(C=CC(=O)Oc2cc3c(cc2OC(=O)CCCCC(S)CCS)OCO3)ccc1O. The molecule has 0 fully saturated rings. The Morgan fingerprint density at radius 2 is 1.77 bits per heavy atom. The molecule has 0 spiro atoms. The first-order valence-electron chi connectivity index (χ1n) is 11.1. The Labute approximate surface area is 215 Å². The van der Waals surface area contributed by atoms with E-state index in [0.717, 1.165) is 25.0 Å². The van der Waals surface area contributed by atoms with Crippen LogP contribution < -0.4 is 23.7 Å². The van der Waals surface area contributed by atoms with Crippen molar-refractivity contribution in [1.29, 1.82) is 0 Å². The smallest absolute Gasteiger partial charge is 0.336 e. The number of aromatic hydroxyl groups is 1. The molecule has 1 heterocycles. The zero-order valence-electron chi connectivity index (χ0n) is 19.3. The highest BCUT2D eigenvalue weighted by molar-refractivity contribution is 7.81. The maximum Gasteiger partial charge on any atom is 0.336 e.